The highest BCUT2D eigenvalue weighted by Crippen LogP contribution is 2.03. The van der Waals surface area contributed by atoms with Gasteiger partial charge in [0, 0.05) is 13.1 Å². The number of rotatable bonds is 9. The molecule has 0 fully saturated rings. The van der Waals surface area contributed by atoms with Crippen LogP contribution < -0.4 is 10.6 Å². The zero-order chi connectivity index (χ0) is 14.8. The summed E-state index contributed by atoms with van der Waals surface area (Å²) in [6.45, 7) is 9.22. The van der Waals surface area contributed by atoms with E-state index in [0.29, 0.717) is 13.0 Å². The molecule has 2 N–H and O–H groups in total. The molecule has 5 nitrogen and oxygen atoms in total. The number of amides is 2. The summed E-state index contributed by atoms with van der Waals surface area (Å²) in [4.78, 5) is 26.0. The van der Waals surface area contributed by atoms with Crippen molar-refractivity contribution in [2.45, 2.75) is 59.0 Å². The minimum Gasteiger partial charge on any atom is -0.343 e. The number of hydrogen-bond acceptors (Lipinski definition) is 3. The second kappa shape index (κ2) is 9.78. The summed E-state index contributed by atoms with van der Waals surface area (Å²) in [5.41, 5.74) is 0. The lowest BCUT2D eigenvalue weighted by molar-refractivity contribution is -0.136. The second-order valence-electron chi connectivity index (χ2n) is 4.75. The molecule has 0 bridgehead atoms. The molecular weight excluding hydrogens is 242 g/mol. The lowest BCUT2D eigenvalue weighted by Crippen LogP contribution is -2.52. The van der Waals surface area contributed by atoms with Gasteiger partial charge in [0.25, 0.3) is 0 Å². The quantitative estimate of drug-likeness (QED) is 0.661. The first kappa shape index (κ1) is 17.9. The Morgan fingerprint density at radius 1 is 1.21 bits per heavy atom. The first-order valence-electron chi connectivity index (χ1n) is 7.28. The van der Waals surface area contributed by atoms with E-state index in [0.717, 1.165) is 19.4 Å². The van der Waals surface area contributed by atoms with Crippen molar-refractivity contribution in [3.8, 4) is 0 Å². The molecule has 0 saturated heterocycles. The van der Waals surface area contributed by atoms with Crippen LogP contribution in [0.3, 0.4) is 0 Å². The van der Waals surface area contributed by atoms with Gasteiger partial charge in [0.2, 0.25) is 11.8 Å². The van der Waals surface area contributed by atoms with Crippen LogP contribution in [0.5, 0.6) is 0 Å². The number of nitrogens with zero attached hydrogens (tertiary/aromatic N) is 1. The maximum Gasteiger partial charge on any atom is 0.245 e. The van der Waals surface area contributed by atoms with Crippen molar-refractivity contribution in [2.75, 3.05) is 20.1 Å². The van der Waals surface area contributed by atoms with Crippen LogP contribution in [-0.2, 0) is 9.59 Å². The maximum absolute atomic E-state index is 12.3. The van der Waals surface area contributed by atoms with Gasteiger partial charge < -0.3 is 15.5 Å². The highest BCUT2D eigenvalue weighted by atomic mass is 16.2. The van der Waals surface area contributed by atoms with Crippen molar-refractivity contribution in [3.05, 3.63) is 0 Å². The lowest BCUT2D eigenvalue weighted by atomic mass is 10.1. The number of carbonyl (C=O) groups excluding carboxylic acids is 2. The lowest BCUT2D eigenvalue weighted by Gasteiger charge is -2.27. The topological polar surface area (TPSA) is 61.4 Å². The van der Waals surface area contributed by atoms with Gasteiger partial charge in [-0.3, -0.25) is 9.59 Å². The van der Waals surface area contributed by atoms with Gasteiger partial charge in [-0.15, -0.1) is 0 Å². The molecule has 0 aromatic rings. The van der Waals surface area contributed by atoms with Gasteiger partial charge in [-0.1, -0.05) is 20.3 Å². The molecule has 112 valence electrons. The van der Waals surface area contributed by atoms with Crippen LogP contribution >= 0.6 is 0 Å². The molecule has 0 radical (unpaired) electrons. The summed E-state index contributed by atoms with van der Waals surface area (Å²) in [5, 5.41) is 5.69. The van der Waals surface area contributed by atoms with Crippen LogP contribution in [0.25, 0.3) is 0 Å². The second-order valence-corrected chi connectivity index (χ2v) is 4.75. The molecule has 19 heavy (non-hydrogen) atoms. The van der Waals surface area contributed by atoms with Crippen LogP contribution in [-0.4, -0.2) is 48.9 Å². The zero-order valence-electron chi connectivity index (χ0n) is 13.0. The number of hydrogen-bond donors (Lipinski definition) is 2. The summed E-state index contributed by atoms with van der Waals surface area (Å²) < 4.78 is 0. The van der Waals surface area contributed by atoms with Gasteiger partial charge >= 0.3 is 0 Å². The average molecular weight is 271 g/mol. The molecule has 0 rings (SSSR count). The molecule has 0 saturated carbocycles. The van der Waals surface area contributed by atoms with Crippen molar-refractivity contribution >= 4 is 11.8 Å². The summed E-state index contributed by atoms with van der Waals surface area (Å²) in [7, 11) is 1.73. The molecule has 0 heterocycles. The number of likely N-dealkylation sites (N-methyl/N-ethyl adjacent to an activating group) is 2. The van der Waals surface area contributed by atoms with Gasteiger partial charge in [0.05, 0.1) is 6.04 Å². The van der Waals surface area contributed by atoms with Crippen molar-refractivity contribution in [3.63, 3.8) is 0 Å². The molecule has 0 aromatic carbocycles. The Balaban J connectivity index is 4.56. The molecule has 0 aliphatic rings. The van der Waals surface area contributed by atoms with E-state index in [-0.39, 0.29) is 17.9 Å². The third kappa shape index (κ3) is 6.05. The predicted octanol–water partition coefficient (Wildman–Crippen LogP) is 1.14. The van der Waals surface area contributed by atoms with E-state index >= 15 is 0 Å². The van der Waals surface area contributed by atoms with E-state index in [1.54, 1.807) is 14.0 Å². The van der Waals surface area contributed by atoms with E-state index in [9.17, 15) is 9.59 Å². The Kier molecular flexibility index (Phi) is 9.21. The summed E-state index contributed by atoms with van der Waals surface area (Å²) in [6, 6.07) is -0.701. The van der Waals surface area contributed by atoms with Gasteiger partial charge in [-0.2, -0.15) is 0 Å². The molecular formula is C14H29N3O2. The van der Waals surface area contributed by atoms with Crippen molar-refractivity contribution in [1.82, 2.24) is 15.5 Å². The number of carbonyl (C=O) groups is 2. The van der Waals surface area contributed by atoms with Gasteiger partial charge in [-0.05, 0) is 33.7 Å². The predicted molar refractivity (Wildman–Crippen MR) is 77.9 cm³/mol. The van der Waals surface area contributed by atoms with E-state index in [4.69, 9.17) is 0 Å². The maximum atomic E-state index is 12.3. The molecule has 0 aromatic heterocycles. The third-order valence-corrected chi connectivity index (χ3v) is 3.32. The fourth-order valence-corrected chi connectivity index (χ4v) is 1.76. The van der Waals surface area contributed by atoms with Crippen LogP contribution in [0.1, 0.15) is 47.0 Å². The standard InChI is InChI=1S/C14H29N3O2/c1-6-9-10-17(8-3)14(19)12(7-2)16-13(18)11(4)15-5/h11-12,15H,6-10H2,1-5H3,(H,16,18)/t11-,12?/m0/s1. The van der Waals surface area contributed by atoms with Gasteiger partial charge in [-0.25, -0.2) is 0 Å². The SMILES string of the molecule is CCCCN(CC)C(=O)C(CC)NC(=O)[C@H](C)NC. The monoisotopic (exact) mass is 271 g/mol. The van der Waals surface area contributed by atoms with Gasteiger partial charge in [0.15, 0.2) is 0 Å². The molecule has 0 spiro atoms. The molecule has 0 aliphatic carbocycles. The van der Waals surface area contributed by atoms with E-state index in [1.807, 2.05) is 18.7 Å². The summed E-state index contributed by atoms with van der Waals surface area (Å²) >= 11 is 0. The minimum absolute atomic E-state index is 0.0232. The van der Waals surface area contributed by atoms with Gasteiger partial charge in [0.1, 0.15) is 6.04 Å². The van der Waals surface area contributed by atoms with E-state index in [1.165, 1.54) is 0 Å². The van der Waals surface area contributed by atoms with Crippen molar-refractivity contribution in [1.29, 1.82) is 0 Å². The molecule has 0 aliphatic heterocycles. The Bertz CT molecular complexity index is 282. The fraction of sp³-hybridized carbons (Fsp3) is 0.857. The van der Waals surface area contributed by atoms with E-state index in [2.05, 4.69) is 17.6 Å². The van der Waals surface area contributed by atoms with E-state index < -0.39 is 6.04 Å². The molecule has 5 heteroatoms. The normalized spacial score (nSPS) is 13.7. The third-order valence-electron chi connectivity index (χ3n) is 3.32. The average Bonchev–Trinajstić information content (AvgIpc) is 2.43. The molecule has 2 amide bonds. The Labute approximate surface area is 117 Å². The summed E-state index contributed by atoms with van der Waals surface area (Å²) in [6.07, 6.45) is 2.67. The highest BCUT2D eigenvalue weighted by Gasteiger charge is 2.24. The smallest absolute Gasteiger partial charge is 0.245 e. The number of nitrogens with one attached hydrogen (secondary N) is 2. The zero-order valence-corrected chi connectivity index (χ0v) is 13.0. The fourth-order valence-electron chi connectivity index (χ4n) is 1.76. The van der Waals surface area contributed by atoms with Crippen LogP contribution in [0, 0.1) is 0 Å². The minimum atomic E-state index is -0.417. The first-order valence-corrected chi connectivity index (χ1v) is 7.28. The summed E-state index contributed by atoms with van der Waals surface area (Å²) in [5.74, 6) is -0.107. The van der Waals surface area contributed by atoms with Crippen LogP contribution in [0.2, 0.25) is 0 Å². The van der Waals surface area contributed by atoms with Crippen LogP contribution in [0.15, 0.2) is 0 Å². The van der Waals surface area contributed by atoms with Crippen LogP contribution in [0.4, 0.5) is 0 Å². The Morgan fingerprint density at radius 2 is 1.84 bits per heavy atom. The molecule has 1 unspecified atom stereocenters. The number of unbranched alkanes of at least 4 members (excludes halogenated alkanes) is 1. The Morgan fingerprint density at radius 3 is 2.26 bits per heavy atom. The van der Waals surface area contributed by atoms with Crippen molar-refractivity contribution in [2.24, 2.45) is 0 Å². The Hall–Kier alpha value is -1.10. The largest absolute Gasteiger partial charge is 0.343 e. The van der Waals surface area contributed by atoms with Crippen molar-refractivity contribution < 1.29 is 9.59 Å². The molecule has 2 atom stereocenters. The highest BCUT2D eigenvalue weighted by molar-refractivity contribution is 5.89. The first-order chi connectivity index (χ1) is 9.01.